The van der Waals surface area contributed by atoms with E-state index < -0.39 is 36.6 Å². The minimum Gasteiger partial charge on any atom is -0.461 e. The van der Waals surface area contributed by atoms with Gasteiger partial charge < -0.3 is 10.5 Å². The van der Waals surface area contributed by atoms with E-state index in [0.717, 1.165) is 3.97 Å². The number of aromatic nitrogens is 1. The van der Waals surface area contributed by atoms with E-state index in [1.165, 1.54) is 43.3 Å². The Hall–Kier alpha value is -2.25. The molecule has 0 bridgehead atoms. The molecule has 2 aromatic carbocycles. The Bertz CT molecular complexity index is 1340. The highest BCUT2D eigenvalue weighted by molar-refractivity contribution is 9.10. The van der Waals surface area contributed by atoms with Crippen LogP contribution in [0.3, 0.4) is 0 Å². The van der Waals surface area contributed by atoms with E-state index in [-0.39, 0.29) is 35.5 Å². The largest absolute Gasteiger partial charge is 0.461 e. The van der Waals surface area contributed by atoms with Gasteiger partial charge in [0.1, 0.15) is 4.90 Å². The molecule has 3 N–H and O–H groups in total. The van der Waals surface area contributed by atoms with Gasteiger partial charge in [-0.15, -0.1) is 0 Å². The van der Waals surface area contributed by atoms with Crippen LogP contribution in [-0.2, 0) is 24.8 Å². The molecule has 0 fully saturated rings. The number of nitrogens with two attached hydrogens (primary N) is 1. The Morgan fingerprint density at radius 2 is 1.81 bits per heavy atom. The maximum absolute atomic E-state index is 13.5. The van der Waals surface area contributed by atoms with Crippen molar-refractivity contribution >= 4 is 52.8 Å². The number of hydrogen-bond donors (Lipinski definition) is 2. The average molecular weight is 530 g/mol. The number of carbonyl (C=O) groups excluding carboxylic acids is 1. The van der Waals surface area contributed by atoms with Gasteiger partial charge in [-0.3, -0.25) is 0 Å². The highest BCUT2D eigenvalue weighted by atomic mass is 79.9. The molecule has 0 radical (unpaired) electrons. The summed E-state index contributed by atoms with van der Waals surface area (Å²) in [7, 11) is -8.67. The van der Waals surface area contributed by atoms with Crippen LogP contribution in [0.15, 0.2) is 62.8 Å². The Morgan fingerprint density at radius 1 is 1.13 bits per heavy atom. The zero-order valence-electron chi connectivity index (χ0n) is 16.4. The summed E-state index contributed by atoms with van der Waals surface area (Å²) in [4.78, 5) is 12.3. The lowest BCUT2D eigenvalue weighted by molar-refractivity contribution is 0.0514. The van der Waals surface area contributed by atoms with Gasteiger partial charge in [-0.05, 0) is 37.3 Å². The number of nitrogens with zero attached hydrogens (tertiary/aromatic N) is 1. The van der Waals surface area contributed by atoms with Crippen molar-refractivity contribution < 1.29 is 26.4 Å². The highest BCUT2D eigenvalue weighted by Gasteiger charge is 2.36. The molecule has 0 spiro atoms. The fraction of sp³-hybridized carbons (Fsp3) is 0.211. The maximum Gasteiger partial charge on any atom is 0.357 e. The fourth-order valence-corrected chi connectivity index (χ4v) is 6.44. The van der Waals surface area contributed by atoms with Crippen LogP contribution in [0.1, 0.15) is 17.4 Å². The van der Waals surface area contributed by atoms with Crippen LogP contribution in [0.5, 0.6) is 0 Å². The summed E-state index contributed by atoms with van der Waals surface area (Å²) >= 11 is 3.27. The molecule has 1 aromatic heterocycles. The summed E-state index contributed by atoms with van der Waals surface area (Å²) < 4.78 is 61.9. The number of hydrogen-bond acceptors (Lipinski definition) is 7. The zero-order valence-corrected chi connectivity index (χ0v) is 19.6. The fourth-order valence-electron chi connectivity index (χ4n) is 3.07. The van der Waals surface area contributed by atoms with Crippen molar-refractivity contribution in [2.24, 2.45) is 5.73 Å². The molecular weight excluding hydrogens is 510 g/mol. The molecule has 9 nitrogen and oxygen atoms in total. The third-order valence-electron chi connectivity index (χ3n) is 4.30. The van der Waals surface area contributed by atoms with Gasteiger partial charge in [0.15, 0.2) is 5.69 Å². The van der Waals surface area contributed by atoms with Gasteiger partial charge in [0.25, 0.3) is 10.0 Å². The lowest BCUT2D eigenvalue weighted by atomic mass is 10.2. The van der Waals surface area contributed by atoms with Crippen LogP contribution in [0.4, 0.5) is 0 Å². The lowest BCUT2D eigenvalue weighted by Crippen LogP contribution is -2.31. The van der Waals surface area contributed by atoms with Crippen LogP contribution in [-0.4, -0.2) is 46.5 Å². The number of rotatable bonds is 8. The first-order chi connectivity index (χ1) is 14.6. The minimum absolute atomic E-state index is 0.0125. The normalized spacial score (nSPS) is 12.2. The monoisotopic (exact) mass is 529 g/mol. The van der Waals surface area contributed by atoms with Crippen molar-refractivity contribution in [3.63, 3.8) is 0 Å². The first-order valence-electron chi connectivity index (χ1n) is 9.16. The first kappa shape index (κ1) is 23.4. The number of benzene rings is 2. The maximum atomic E-state index is 13.5. The van der Waals surface area contributed by atoms with Crippen molar-refractivity contribution in [3.8, 4) is 0 Å². The van der Waals surface area contributed by atoms with Gasteiger partial charge in [0.05, 0.1) is 17.0 Å². The van der Waals surface area contributed by atoms with Crippen LogP contribution in [0, 0.1) is 0 Å². The molecule has 0 unspecified atom stereocenters. The second kappa shape index (κ2) is 9.09. The van der Waals surface area contributed by atoms with Gasteiger partial charge in [-0.2, -0.15) is 0 Å². The van der Waals surface area contributed by atoms with Gasteiger partial charge >= 0.3 is 5.97 Å². The molecule has 3 rings (SSSR count). The van der Waals surface area contributed by atoms with E-state index in [1.54, 1.807) is 12.1 Å². The summed E-state index contributed by atoms with van der Waals surface area (Å²) in [5.74, 6) is -1.08. The van der Waals surface area contributed by atoms with Gasteiger partial charge in [-0.1, -0.05) is 34.1 Å². The number of esters is 1. The number of carbonyl (C=O) groups is 1. The van der Waals surface area contributed by atoms with E-state index in [4.69, 9.17) is 10.5 Å². The quantitative estimate of drug-likeness (QED) is 0.425. The molecular formula is C19H20BrN3O6S2. The molecule has 0 saturated carbocycles. The number of sulfonamides is 1. The second-order valence-corrected chi connectivity index (χ2v) is 10.7. The highest BCUT2D eigenvalue weighted by Crippen LogP contribution is 2.35. The molecule has 0 saturated heterocycles. The van der Waals surface area contributed by atoms with Crippen molar-refractivity contribution in [1.29, 1.82) is 0 Å². The molecule has 0 atom stereocenters. The van der Waals surface area contributed by atoms with Crippen LogP contribution in [0.25, 0.3) is 10.9 Å². The van der Waals surface area contributed by atoms with Crippen molar-refractivity contribution in [2.45, 2.75) is 16.7 Å². The smallest absolute Gasteiger partial charge is 0.357 e. The summed E-state index contributed by atoms with van der Waals surface area (Å²) in [6.45, 7) is 1.37. The molecule has 31 heavy (non-hydrogen) atoms. The molecule has 1 heterocycles. The summed E-state index contributed by atoms with van der Waals surface area (Å²) in [5.41, 5.74) is 4.83. The molecule has 166 valence electrons. The van der Waals surface area contributed by atoms with Gasteiger partial charge in [-0.25, -0.2) is 30.3 Å². The third kappa shape index (κ3) is 4.39. The standard InChI is InChI=1S/C19H20BrN3O6S2/c1-2-29-19(24)17-18(30(25,26)22-11-10-21)15-12-13(20)8-9-16(15)23(17)31(27,28)14-6-4-3-5-7-14/h3-9,12,22H,2,10-11,21H2,1H3. The SMILES string of the molecule is CCOC(=O)c1c(S(=O)(=O)NCCN)c2cc(Br)ccc2n1S(=O)(=O)c1ccccc1. The van der Waals surface area contributed by atoms with Crippen molar-refractivity contribution in [3.05, 3.63) is 58.7 Å². The van der Waals surface area contributed by atoms with Gasteiger partial charge in [0.2, 0.25) is 10.0 Å². The zero-order chi connectivity index (χ0) is 22.8. The molecule has 3 aromatic rings. The number of fused-ring (bicyclic) bond motifs is 1. The molecule has 0 aliphatic rings. The van der Waals surface area contributed by atoms with Crippen LogP contribution >= 0.6 is 15.9 Å². The van der Waals surface area contributed by atoms with E-state index in [1.807, 2.05) is 0 Å². The Labute approximate surface area is 188 Å². The Morgan fingerprint density at radius 3 is 2.42 bits per heavy atom. The van der Waals surface area contributed by atoms with E-state index in [2.05, 4.69) is 20.7 Å². The summed E-state index contributed by atoms with van der Waals surface area (Å²) in [5, 5.41) is 0.0430. The minimum atomic E-state index is -4.35. The molecule has 0 amide bonds. The number of halogens is 1. The second-order valence-electron chi connectivity index (χ2n) is 6.33. The van der Waals surface area contributed by atoms with Crippen molar-refractivity contribution in [2.75, 3.05) is 19.7 Å². The molecule has 0 aliphatic heterocycles. The molecule has 12 heteroatoms. The van der Waals surface area contributed by atoms with E-state index in [9.17, 15) is 21.6 Å². The van der Waals surface area contributed by atoms with Crippen LogP contribution < -0.4 is 10.5 Å². The van der Waals surface area contributed by atoms with Crippen molar-refractivity contribution in [1.82, 2.24) is 8.69 Å². The summed E-state index contributed by atoms with van der Waals surface area (Å²) in [6, 6.07) is 11.8. The first-order valence-corrected chi connectivity index (χ1v) is 12.9. The topological polar surface area (TPSA) is 138 Å². The molecule has 0 aliphatic carbocycles. The third-order valence-corrected chi connectivity index (χ3v) is 8.05. The Balaban J connectivity index is 2.50. The average Bonchev–Trinajstić information content (AvgIpc) is 3.09. The Kier molecular flexibility index (Phi) is 6.86. The summed E-state index contributed by atoms with van der Waals surface area (Å²) in [6.07, 6.45) is 0. The number of nitrogens with one attached hydrogen (secondary N) is 1. The number of ether oxygens (including phenoxy) is 1. The van der Waals surface area contributed by atoms with Crippen LogP contribution in [0.2, 0.25) is 0 Å². The van der Waals surface area contributed by atoms with E-state index in [0.29, 0.717) is 4.47 Å². The predicted molar refractivity (Wildman–Crippen MR) is 119 cm³/mol. The van der Waals surface area contributed by atoms with Gasteiger partial charge in [0, 0.05) is 22.9 Å². The predicted octanol–water partition coefficient (Wildman–Crippen LogP) is 2.05. The lowest BCUT2D eigenvalue weighted by Gasteiger charge is -2.12. The van der Waals surface area contributed by atoms with E-state index >= 15 is 0 Å².